The van der Waals surface area contributed by atoms with Crippen LogP contribution in [0.1, 0.15) is 11.1 Å². The quantitative estimate of drug-likeness (QED) is 0.777. The molecule has 4 nitrogen and oxygen atoms in total. The summed E-state index contributed by atoms with van der Waals surface area (Å²) in [7, 11) is 1.46. The van der Waals surface area contributed by atoms with E-state index in [0.717, 1.165) is 0 Å². The highest BCUT2D eigenvalue weighted by Gasteiger charge is 2.12. The molecular formula is C14H14O4. The molecule has 0 aliphatic carbocycles. The topological polar surface area (TPSA) is 69.9 Å². The van der Waals surface area contributed by atoms with E-state index in [9.17, 15) is 15.3 Å². The van der Waals surface area contributed by atoms with Gasteiger partial charge in [0.1, 0.15) is 23.0 Å². The lowest BCUT2D eigenvalue weighted by atomic mass is 10.0. The van der Waals surface area contributed by atoms with Crippen LogP contribution in [-0.4, -0.2) is 22.4 Å². The summed E-state index contributed by atoms with van der Waals surface area (Å²) in [4.78, 5) is 0. The maximum Gasteiger partial charge on any atom is 0.126 e. The number of benzene rings is 2. The number of hydrogen-bond donors (Lipinski definition) is 3. The van der Waals surface area contributed by atoms with E-state index in [4.69, 9.17) is 4.74 Å². The molecule has 0 spiro atoms. The first kappa shape index (κ1) is 12.1. The minimum absolute atomic E-state index is 0.0601. The minimum Gasteiger partial charge on any atom is -0.508 e. The molecule has 18 heavy (non-hydrogen) atoms. The summed E-state index contributed by atoms with van der Waals surface area (Å²) in [6.07, 6.45) is 0.244. The predicted octanol–water partition coefficient (Wildman–Crippen LogP) is 2.40. The van der Waals surface area contributed by atoms with Crippen LogP contribution in [0.5, 0.6) is 23.0 Å². The zero-order valence-corrected chi connectivity index (χ0v) is 9.92. The molecule has 0 saturated heterocycles. The number of para-hydroxylation sites is 1. The van der Waals surface area contributed by atoms with Gasteiger partial charge in [-0.3, -0.25) is 0 Å². The maximum absolute atomic E-state index is 9.83. The Bertz CT molecular complexity index is 540. The van der Waals surface area contributed by atoms with Crippen LogP contribution >= 0.6 is 0 Å². The summed E-state index contributed by atoms with van der Waals surface area (Å²) < 4.78 is 4.94. The van der Waals surface area contributed by atoms with Gasteiger partial charge in [0.25, 0.3) is 0 Å². The molecule has 94 valence electrons. The van der Waals surface area contributed by atoms with Crippen molar-refractivity contribution in [2.45, 2.75) is 6.42 Å². The number of methoxy groups -OCH3 is 1. The first-order valence-electron chi connectivity index (χ1n) is 5.47. The third kappa shape index (κ3) is 2.32. The Kier molecular flexibility index (Phi) is 3.28. The van der Waals surface area contributed by atoms with Gasteiger partial charge in [0.2, 0.25) is 0 Å². The molecule has 3 N–H and O–H groups in total. The van der Waals surface area contributed by atoms with E-state index in [0.29, 0.717) is 16.9 Å². The van der Waals surface area contributed by atoms with Gasteiger partial charge in [-0.05, 0) is 11.6 Å². The van der Waals surface area contributed by atoms with Crippen molar-refractivity contribution in [1.29, 1.82) is 0 Å². The third-order valence-electron chi connectivity index (χ3n) is 2.77. The zero-order valence-electron chi connectivity index (χ0n) is 9.92. The average molecular weight is 246 g/mol. The number of aromatic hydroxyl groups is 3. The lowest BCUT2D eigenvalue weighted by molar-refractivity contribution is 0.394. The van der Waals surface area contributed by atoms with E-state index < -0.39 is 0 Å². The number of rotatable bonds is 3. The summed E-state index contributed by atoms with van der Waals surface area (Å²) >= 11 is 0. The molecule has 0 amide bonds. The van der Waals surface area contributed by atoms with E-state index in [1.54, 1.807) is 24.3 Å². The van der Waals surface area contributed by atoms with Gasteiger partial charge in [0, 0.05) is 24.1 Å². The Hall–Kier alpha value is -2.36. The summed E-state index contributed by atoms with van der Waals surface area (Å²) in [5.74, 6) is 0.392. The van der Waals surface area contributed by atoms with Crippen molar-refractivity contribution in [3.05, 3.63) is 47.5 Å². The Labute approximate surface area is 105 Å². The zero-order chi connectivity index (χ0) is 13.1. The van der Waals surface area contributed by atoms with Gasteiger partial charge in [-0.15, -0.1) is 0 Å². The van der Waals surface area contributed by atoms with Gasteiger partial charge in [-0.1, -0.05) is 18.2 Å². The van der Waals surface area contributed by atoms with Gasteiger partial charge in [0.15, 0.2) is 0 Å². The maximum atomic E-state index is 9.83. The number of ether oxygens (including phenoxy) is 1. The standard InChI is InChI=1S/C14H14O4/c1-18-10-7-13(16)11(14(17)8-10)6-9-4-2-3-5-12(9)15/h2-5,7-8,15-17H,6H2,1H3. The summed E-state index contributed by atoms with van der Waals surface area (Å²) in [5.41, 5.74) is 0.991. The Morgan fingerprint density at radius 3 is 2.11 bits per heavy atom. The van der Waals surface area contributed by atoms with Crippen molar-refractivity contribution in [2.75, 3.05) is 7.11 Å². The van der Waals surface area contributed by atoms with Crippen LogP contribution in [0.3, 0.4) is 0 Å². The SMILES string of the molecule is COc1cc(O)c(Cc2ccccc2O)c(O)c1. The molecule has 0 bridgehead atoms. The molecule has 0 aliphatic rings. The normalized spacial score (nSPS) is 10.3. The third-order valence-corrected chi connectivity index (χ3v) is 2.77. The molecule has 2 aromatic rings. The molecule has 4 heteroatoms. The van der Waals surface area contributed by atoms with E-state index in [-0.39, 0.29) is 23.7 Å². The van der Waals surface area contributed by atoms with Crippen LogP contribution in [0.15, 0.2) is 36.4 Å². The fraction of sp³-hybridized carbons (Fsp3) is 0.143. The monoisotopic (exact) mass is 246 g/mol. The molecule has 0 radical (unpaired) electrons. The molecule has 0 atom stereocenters. The van der Waals surface area contributed by atoms with Crippen LogP contribution < -0.4 is 4.74 Å². The Morgan fingerprint density at radius 1 is 0.944 bits per heavy atom. The molecule has 2 rings (SSSR count). The first-order valence-corrected chi connectivity index (χ1v) is 5.47. The summed E-state index contributed by atoms with van der Waals surface area (Å²) in [5, 5.41) is 29.3. The van der Waals surface area contributed by atoms with Crippen molar-refractivity contribution in [3.8, 4) is 23.0 Å². The molecule has 0 aliphatic heterocycles. The summed E-state index contributed by atoms with van der Waals surface area (Å²) in [6.45, 7) is 0. The van der Waals surface area contributed by atoms with E-state index >= 15 is 0 Å². The van der Waals surface area contributed by atoms with Gasteiger partial charge in [-0.2, -0.15) is 0 Å². The second-order valence-electron chi connectivity index (χ2n) is 3.95. The van der Waals surface area contributed by atoms with Crippen molar-refractivity contribution in [1.82, 2.24) is 0 Å². The second-order valence-corrected chi connectivity index (χ2v) is 3.95. The van der Waals surface area contributed by atoms with Crippen LogP contribution in [0, 0.1) is 0 Å². The van der Waals surface area contributed by atoms with Crippen LogP contribution in [0.25, 0.3) is 0 Å². The molecule has 2 aromatic carbocycles. The first-order chi connectivity index (χ1) is 8.61. The van der Waals surface area contributed by atoms with E-state index in [1.807, 2.05) is 0 Å². The lowest BCUT2D eigenvalue weighted by Gasteiger charge is -2.10. The van der Waals surface area contributed by atoms with Gasteiger partial charge in [-0.25, -0.2) is 0 Å². The molecule has 0 heterocycles. The minimum atomic E-state index is -0.0601. The fourth-order valence-corrected chi connectivity index (χ4v) is 1.77. The van der Waals surface area contributed by atoms with Crippen molar-refractivity contribution in [2.24, 2.45) is 0 Å². The highest BCUT2D eigenvalue weighted by molar-refractivity contribution is 5.52. The van der Waals surface area contributed by atoms with Crippen molar-refractivity contribution >= 4 is 0 Å². The number of phenolic OH excluding ortho intramolecular Hbond substituents is 3. The van der Waals surface area contributed by atoms with E-state index in [2.05, 4.69) is 0 Å². The molecular weight excluding hydrogens is 232 g/mol. The second kappa shape index (κ2) is 4.87. The van der Waals surface area contributed by atoms with Gasteiger partial charge < -0.3 is 20.1 Å². The van der Waals surface area contributed by atoms with Gasteiger partial charge >= 0.3 is 0 Å². The number of hydrogen-bond acceptors (Lipinski definition) is 4. The lowest BCUT2D eigenvalue weighted by Crippen LogP contribution is -1.92. The highest BCUT2D eigenvalue weighted by Crippen LogP contribution is 2.35. The number of phenols is 3. The molecule has 0 unspecified atom stereocenters. The van der Waals surface area contributed by atoms with Crippen LogP contribution in [0.2, 0.25) is 0 Å². The molecule has 0 fully saturated rings. The van der Waals surface area contributed by atoms with Crippen LogP contribution in [0.4, 0.5) is 0 Å². The molecule has 0 saturated carbocycles. The Balaban J connectivity index is 2.38. The predicted molar refractivity (Wildman–Crippen MR) is 67.2 cm³/mol. The fourth-order valence-electron chi connectivity index (χ4n) is 1.77. The van der Waals surface area contributed by atoms with E-state index in [1.165, 1.54) is 19.2 Å². The molecule has 0 aromatic heterocycles. The summed E-state index contributed by atoms with van der Waals surface area (Å²) in [6, 6.07) is 9.65. The van der Waals surface area contributed by atoms with Crippen LogP contribution in [-0.2, 0) is 6.42 Å². The van der Waals surface area contributed by atoms with Gasteiger partial charge in [0.05, 0.1) is 7.11 Å². The largest absolute Gasteiger partial charge is 0.508 e. The average Bonchev–Trinajstić information content (AvgIpc) is 2.35. The van der Waals surface area contributed by atoms with Crippen molar-refractivity contribution in [3.63, 3.8) is 0 Å². The smallest absolute Gasteiger partial charge is 0.126 e. The highest BCUT2D eigenvalue weighted by atomic mass is 16.5. The van der Waals surface area contributed by atoms with Crippen molar-refractivity contribution < 1.29 is 20.1 Å². The Morgan fingerprint density at radius 2 is 1.56 bits per heavy atom.